The zero-order valence-corrected chi connectivity index (χ0v) is 18.3. The van der Waals surface area contributed by atoms with Gasteiger partial charge in [-0.2, -0.15) is 12.6 Å². The summed E-state index contributed by atoms with van der Waals surface area (Å²) < 4.78 is 0. The molecule has 0 aliphatic rings. The van der Waals surface area contributed by atoms with E-state index in [0.717, 1.165) is 0 Å². The average Bonchev–Trinajstić information content (AvgIpc) is 2.72. The molecule has 14 heteroatoms. The van der Waals surface area contributed by atoms with Crippen molar-refractivity contribution in [3.05, 3.63) is 0 Å². The van der Waals surface area contributed by atoms with Crippen molar-refractivity contribution in [1.82, 2.24) is 16.0 Å². The first-order chi connectivity index (χ1) is 14.7. The van der Waals surface area contributed by atoms with Crippen molar-refractivity contribution in [3.8, 4) is 0 Å². The Morgan fingerprint density at radius 1 is 0.871 bits per heavy atom. The van der Waals surface area contributed by atoms with Crippen molar-refractivity contribution in [2.24, 2.45) is 27.9 Å². The number of carbonyl (C=O) groups excluding carboxylic acids is 3. The summed E-state index contributed by atoms with van der Waals surface area (Å²) in [5.41, 5.74) is 21.2. The molecule has 0 aromatic rings. The number of nitrogens with zero attached hydrogens (tertiary/aromatic N) is 1. The van der Waals surface area contributed by atoms with Gasteiger partial charge in [0, 0.05) is 12.3 Å². The third kappa shape index (κ3) is 12.7. The quantitative estimate of drug-likeness (QED) is 0.0479. The van der Waals surface area contributed by atoms with E-state index in [4.69, 9.17) is 22.9 Å². The van der Waals surface area contributed by atoms with Gasteiger partial charge in [-0.05, 0) is 38.6 Å². The third-order valence-corrected chi connectivity index (χ3v) is 4.52. The number of amides is 3. The van der Waals surface area contributed by atoms with E-state index in [1.165, 1.54) is 0 Å². The SMILES string of the molecule is NCCCCC(NC(=O)C(CS)NC(=O)CN)C(=O)NC(CCCN=C(N)N)C(=O)O. The molecule has 3 unspecified atom stereocenters. The van der Waals surface area contributed by atoms with Crippen molar-refractivity contribution < 1.29 is 24.3 Å². The van der Waals surface area contributed by atoms with E-state index in [9.17, 15) is 24.3 Å². The van der Waals surface area contributed by atoms with Gasteiger partial charge in [0.2, 0.25) is 17.7 Å². The van der Waals surface area contributed by atoms with Crippen LogP contribution >= 0.6 is 12.6 Å². The summed E-state index contributed by atoms with van der Waals surface area (Å²) in [6.07, 6.45) is 1.79. The Bertz CT molecular complexity index is 630. The second-order valence-electron chi connectivity index (χ2n) is 6.70. The van der Waals surface area contributed by atoms with E-state index in [1.807, 2.05) is 0 Å². The molecule has 0 saturated heterocycles. The summed E-state index contributed by atoms with van der Waals surface area (Å²) in [5.74, 6) is -3.21. The molecule has 0 heterocycles. The van der Waals surface area contributed by atoms with Crippen LogP contribution in [0.15, 0.2) is 4.99 Å². The molecular weight excluding hydrogens is 428 g/mol. The highest BCUT2D eigenvalue weighted by Gasteiger charge is 2.28. The Hall–Kier alpha value is -2.58. The number of nitrogens with one attached hydrogen (secondary N) is 3. The highest BCUT2D eigenvalue weighted by atomic mass is 32.1. The molecule has 0 aliphatic heterocycles. The minimum absolute atomic E-state index is 0.0166. The maximum absolute atomic E-state index is 12.7. The van der Waals surface area contributed by atoms with Crippen LogP contribution in [-0.4, -0.2) is 78.3 Å². The van der Waals surface area contributed by atoms with E-state index in [2.05, 4.69) is 33.6 Å². The molecule has 0 fully saturated rings. The summed E-state index contributed by atoms with van der Waals surface area (Å²) in [4.78, 5) is 51.9. The van der Waals surface area contributed by atoms with Gasteiger partial charge < -0.3 is 44.0 Å². The molecule has 178 valence electrons. The number of thiol groups is 1. The lowest BCUT2D eigenvalue weighted by Gasteiger charge is -2.24. The van der Waals surface area contributed by atoms with Crippen LogP contribution in [0.25, 0.3) is 0 Å². The molecule has 3 atom stereocenters. The van der Waals surface area contributed by atoms with Crippen LogP contribution in [-0.2, 0) is 19.2 Å². The predicted octanol–water partition coefficient (Wildman–Crippen LogP) is -3.40. The summed E-state index contributed by atoms with van der Waals surface area (Å²) in [5, 5.41) is 16.7. The monoisotopic (exact) mass is 462 g/mol. The van der Waals surface area contributed by atoms with Gasteiger partial charge in [0.25, 0.3) is 0 Å². The van der Waals surface area contributed by atoms with Crippen molar-refractivity contribution in [2.75, 3.05) is 25.4 Å². The lowest BCUT2D eigenvalue weighted by atomic mass is 10.1. The van der Waals surface area contributed by atoms with Crippen molar-refractivity contribution in [3.63, 3.8) is 0 Å². The van der Waals surface area contributed by atoms with Crippen LogP contribution in [0.5, 0.6) is 0 Å². The molecular formula is C17H34N8O5S. The van der Waals surface area contributed by atoms with Gasteiger partial charge >= 0.3 is 5.97 Å². The van der Waals surface area contributed by atoms with E-state index in [-0.39, 0.29) is 37.6 Å². The maximum Gasteiger partial charge on any atom is 0.326 e. The van der Waals surface area contributed by atoms with Gasteiger partial charge in [0.05, 0.1) is 6.54 Å². The first kappa shape index (κ1) is 28.4. The van der Waals surface area contributed by atoms with Crippen LogP contribution in [0.2, 0.25) is 0 Å². The standard InChI is InChI=1S/C17H34N8O5S/c18-6-2-1-4-10(24-15(28)12(9-31)23-13(26)8-19)14(27)25-11(16(29)30)5-3-7-22-17(20)21/h10-12,31H,1-9,18-19H2,(H,23,26)(H,24,28)(H,25,27)(H,29,30)(H4,20,21,22). The number of aliphatic carboxylic acids is 1. The van der Waals surface area contributed by atoms with Crippen molar-refractivity contribution in [1.29, 1.82) is 0 Å². The number of unbranched alkanes of at least 4 members (excludes halogenated alkanes) is 1. The normalized spacial score (nSPS) is 13.4. The third-order valence-electron chi connectivity index (χ3n) is 4.16. The van der Waals surface area contributed by atoms with Gasteiger partial charge in [-0.25, -0.2) is 4.79 Å². The van der Waals surface area contributed by atoms with Crippen molar-refractivity contribution in [2.45, 2.75) is 50.2 Å². The summed E-state index contributed by atoms with van der Waals surface area (Å²) in [6.45, 7) is 0.303. The summed E-state index contributed by atoms with van der Waals surface area (Å²) in [7, 11) is 0. The Balaban J connectivity index is 5.14. The minimum Gasteiger partial charge on any atom is -0.480 e. The fourth-order valence-corrected chi connectivity index (χ4v) is 2.77. The van der Waals surface area contributed by atoms with Crippen LogP contribution in [0.4, 0.5) is 0 Å². The molecule has 0 aromatic heterocycles. The molecule has 0 radical (unpaired) electrons. The number of rotatable bonds is 16. The molecule has 13 nitrogen and oxygen atoms in total. The molecule has 0 saturated carbocycles. The number of guanidine groups is 1. The Kier molecular flexibility index (Phi) is 14.8. The number of nitrogens with two attached hydrogens (primary N) is 4. The van der Waals surface area contributed by atoms with Gasteiger partial charge in [-0.15, -0.1) is 0 Å². The van der Waals surface area contributed by atoms with Crippen LogP contribution in [0.1, 0.15) is 32.1 Å². The Morgan fingerprint density at radius 2 is 1.45 bits per heavy atom. The second-order valence-corrected chi connectivity index (χ2v) is 7.07. The number of aliphatic imine (C=N–C) groups is 1. The zero-order chi connectivity index (χ0) is 23.8. The summed E-state index contributed by atoms with van der Waals surface area (Å²) >= 11 is 4.03. The molecule has 0 spiro atoms. The average molecular weight is 463 g/mol. The van der Waals surface area contributed by atoms with E-state index in [0.29, 0.717) is 25.8 Å². The van der Waals surface area contributed by atoms with E-state index in [1.54, 1.807) is 0 Å². The first-order valence-corrected chi connectivity index (χ1v) is 10.5. The predicted molar refractivity (Wildman–Crippen MR) is 119 cm³/mol. The number of carboxylic acid groups (broad SMARTS) is 1. The van der Waals surface area contributed by atoms with Crippen molar-refractivity contribution >= 4 is 42.3 Å². The fraction of sp³-hybridized carbons (Fsp3) is 0.706. The molecule has 3 amide bonds. The molecule has 0 aliphatic carbocycles. The smallest absolute Gasteiger partial charge is 0.326 e. The molecule has 0 bridgehead atoms. The molecule has 31 heavy (non-hydrogen) atoms. The number of hydrogen-bond acceptors (Lipinski definition) is 8. The van der Waals surface area contributed by atoms with Crippen LogP contribution < -0.4 is 38.9 Å². The second kappa shape index (κ2) is 16.2. The van der Waals surface area contributed by atoms with Crippen LogP contribution in [0, 0.1) is 0 Å². The van der Waals surface area contributed by atoms with Gasteiger partial charge in [-0.3, -0.25) is 19.4 Å². The van der Waals surface area contributed by atoms with E-state index < -0.39 is 41.8 Å². The zero-order valence-electron chi connectivity index (χ0n) is 17.4. The number of carbonyl (C=O) groups is 4. The fourth-order valence-electron chi connectivity index (χ4n) is 2.51. The Labute approximate surface area is 186 Å². The van der Waals surface area contributed by atoms with Gasteiger partial charge in [0.1, 0.15) is 18.1 Å². The highest BCUT2D eigenvalue weighted by Crippen LogP contribution is 2.05. The topological polar surface area (TPSA) is 241 Å². The maximum atomic E-state index is 12.7. The van der Waals surface area contributed by atoms with Crippen LogP contribution in [0.3, 0.4) is 0 Å². The molecule has 0 rings (SSSR count). The molecule has 0 aromatic carbocycles. The van der Waals surface area contributed by atoms with Gasteiger partial charge in [-0.1, -0.05) is 0 Å². The largest absolute Gasteiger partial charge is 0.480 e. The number of hydrogen-bond donors (Lipinski definition) is 9. The first-order valence-electron chi connectivity index (χ1n) is 9.85. The lowest BCUT2D eigenvalue weighted by molar-refractivity contribution is -0.142. The highest BCUT2D eigenvalue weighted by molar-refractivity contribution is 7.80. The lowest BCUT2D eigenvalue weighted by Crippen LogP contribution is -2.56. The minimum atomic E-state index is -1.23. The Morgan fingerprint density at radius 3 is 1.97 bits per heavy atom. The summed E-state index contributed by atoms with van der Waals surface area (Å²) in [6, 6.07) is -3.21. The van der Waals surface area contributed by atoms with E-state index >= 15 is 0 Å². The van der Waals surface area contributed by atoms with Gasteiger partial charge in [0.15, 0.2) is 5.96 Å². The number of carboxylic acids is 1. The molecule has 12 N–H and O–H groups in total.